The summed E-state index contributed by atoms with van der Waals surface area (Å²) < 4.78 is 13.8. The van der Waals surface area contributed by atoms with Crippen LogP contribution in [-0.4, -0.2) is 29.4 Å². The van der Waals surface area contributed by atoms with Crippen molar-refractivity contribution >= 4 is 5.91 Å². The van der Waals surface area contributed by atoms with Crippen LogP contribution in [0.1, 0.15) is 31.7 Å². The summed E-state index contributed by atoms with van der Waals surface area (Å²) >= 11 is 0. The van der Waals surface area contributed by atoms with Gasteiger partial charge in [0.15, 0.2) is 0 Å². The van der Waals surface area contributed by atoms with E-state index in [1.165, 1.54) is 6.07 Å². The van der Waals surface area contributed by atoms with Crippen LogP contribution in [0.4, 0.5) is 4.39 Å². The Bertz CT molecular complexity index is 501. The molecule has 2 unspecified atom stereocenters. The van der Waals surface area contributed by atoms with Gasteiger partial charge in [0.05, 0.1) is 6.04 Å². The fraction of sp³-hybridized carbons (Fsp3) is 0.562. The number of amides is 1. The lowest BCUT2D eigenvalue weighted by molar-refractivity contribution is -0.135. The van der Waals surface area contributed by atoms with Gasteiger partial charge in [-0.25, -0.2) is 4.39 Å². The third-order valence-electron chi connectivity index (χ3n) is 4.37. The number of hydrogen-bond donors (Lipinski definition) is 1. The summed E-state index contributed by atoms with van der Waals surface area (Å²) in [6, 6.07) is 6.94. The molecule has 1 aliphatic heterocycles. The van der Waals surface area contributed by atoms with E-state index in [-0.39, 0.29) is 17.8 Å². The van der Waals surface area contributed by atoms with Crippen molar-refractivity contribution in [3.05, 3.63) is 35.6 Å². The summed E-state index contributed by atoms with van der Waals surface area (Å²) in [5.74, 6) is 0.281. The van der Waals surface area contributed by atoms with Crippen LogP contribution in [0.2, 0.25) is 0 Å². The van der Waals surface area contributed by atoms with Crippen LogP contribution in [0.3, 0.4) is 0 Å². The van der Waals surface area contributed by atoms with E-state index in [0.29, 0.717) is 24.1 Å². The van der Waals surface area contributed by atoms with Crippen LogP contribution < -0.4 is 5.32 Å². The van der Waals surface area contributed by atoms with Crippen LogP contribution in [0.5, 0.6) is 0 Å². The highest BCUT2D eigenvalue weighted by Crippen LogP contribution is 2.31. The van der Waals surface area contributed by atoms with Gasteiger partial charge in [-0.3, -0.25) is 4.79 Å². The molecule has 1 aromatic carbocycles. The van der Waals surface area contributed by atoms with Gasteiger partial charge in [0.25, 0.3) is 0 Å². The Morgan fingerprint density at radius 3 is 2.70 bits per heavy atom. The maximum Gasteiger partial charge on any atom is 0.240 e. The zero-order chi connectivity index (χ0) is 14.1. The van der Waals surface area contributed by atoms with E-state index >= 15 is 0 Å². The molecule has 1 heterocycles. The summed E-state index contributed by atoms with van der Waals surface area (Å²) in [5.41, 5.74) is 0.610. The van der Waals surface area contributed by atoms with Crippen LogP contribution in [0.25, 0.3) is 0 Å². The molecule has 0 aromatic heterocycles. The van der Waals surface area contributed by atoms with Gasteiger partial charge >= 0.3 is 0 Å². The molecule has 3 nitrogen and oxygen atoms in total. The maximum atomic E-state index is 13.8. The predicted molar refractivity (Wildman–Crippen MR) is 75.5 cm³/mol. The summed E-state index contributed by atoms with van der Waals surface area (Å²) in [6.07, 6.45) is 3.12. The third-order valence-corrected chi connectivity index (χ3v) is 4.37. The molecule has 2 fully saturated rings. The molecular formula is C16H21FN2O. The number of benzene rings is 1. The summed E-state index contributed by atoms with van der Waals surface area (Å²) in [7, 11) is 0. The molecule has 3 rings (SSSR count). The monoisotopic (exact) mass is 276 g/mol. The average molecular weight is 276 g/mol. The van der Waals surface area contributed by atoms with Gasteiger partial charge in [0.2, 0.25) is 5.91 Å². The van der Waals surface area contributed by atoms with Crippen molar-refractivity contribution in [1.82, 2.24) is 10.2 Å². The van der Waals surface area contributed by atoms with E-state index in [1.807, 2.05) is 11.0 Å². The molecule has 1 aliphatic carbocycles. The van der Waals surface area contributed by atoms with Gasteiger partial charge in [-0.15, -0.1) is 0 Å². The first-order valence-corrected chi connectivity index (χ1v) is 7.44. The minimum Gasteiger partial charge on any atom is -0.334 e. The maximum absolute atomic E-state index is 13.8. The van der Waals surface area contributed by atoms with Crippen molar-refractivity contribution in [2.24, 2.45) is 5.92 Å². The van der Waals surface area contributed by atoms with Gasteiger partial charge in [0, 0.05) is 18.2 Å². The number of nitrogens with zero attached hydrogens (tertiary/aromatic N) is 1. The van der Waals surface area contributed by atoms with Crippen molar-refractivity contribution in [1.29, 1.82) is 0 Å². The summed E-state index contributed by atoms with van der Waals surface area (Å²) in [6.45, 7) is 3.40. The smallest absolute Gasteiger partial charge is 0.240 e. The Morgan fingerprint density at radius 2 is 2.10 bits per heavy atom. The lowest BCUT2D eigenvalue weighted by Crippen LogP contribution is -2.46. The van der Waals surface area contributed by atoms with Gasteiger partial charge in [-0.05, 0) is 37.8 Å². The van der Waals surface area contributed by atoms with E-state index in [4.69, 9.17) is 0 Å². The SMILES string of the molecule is CC1CCNC1C(=O)N(Cc1ccccc1F)C1CC1. The van der Waals surface area contributed by atoms with Gasteiger partial charge in [-0.1, -0.05) is 25.1 Å². The minimum absolute atomic E-state index is 0.0950. The molecule has 0 bridgehead atoms. The first-order valence-electron chi connectivity index (χ1n) is 7.44. The Kier molecular flexibility index (Phi) is 3.74. The van der Waals surface area contributed by atoms with E-state index in [1.54, 1.807) is 12.1 Å². The standard InChI is InChI=1S/C16H21FN2O/c1-11-8-9-18-15(11)16(20)19(13-6-7-13)10-12-4-2-3-5-14(12)17/h2-5,11,13,15,18H,6-10H2,1H3. The molecule has 108 valence electrons. The Labute approximate surface area is 119 Å². The Balaban J connectivity index is 1.76. The second-order valence-electron chi connectivity index (χ2n) is 5.99. The van der Waals surface area contributed by atoms with Crippen molar-refractivity contribution in [3.8, 4) is 0 Å². The molecule has 1 saturated carbocycles. The molecule has 20 heavy (non-hydrogen) atoms. The van der Waals surface area contributed by atoms with Crippen LogP contribution in [-0.2, 0) is 11.3 Å². The number of hydrogen-bond acceptors (Lipinski definition) is 2. The lowest BCUT2D eigenvalue weighted by atomic mass is 10.0. The van der Waals surface area contributed by atoms with E-state index in [0.717, 1.165) is 25.8 Å². The van der Waals surface area contributed by atoms with Crippen LogP contribution in [0, 0.1) is 11.7 Å². The molecule has 2 atom stereocenters. The minimum atomic E-state index is -0.224. The highest BCUT2D eigenvalue weighted by Gasteiger charge is 2.39. The summed E-state index contributed by atoms with van der Waals surface area (Å²) in [5, 5.41) is 3.28. The predicted octanol–water partition coefficient (Wildman–Crippen LogP) is 2.31. The number of halogens is 1. The summed E-state index contributed by atoms with van der Waals surface area (Å²) in [4.78, 5) is 14.6. The first-order chi connectivity index (χ1) is 9.66. The Morgan fingerprint density at radius 1 is 1.35 bits per heavy atom. The Hall–Kier alpha value is -1.42. The van der Waals surface area contributed by atoms with Crippen LogP contribution in [0.15, 0.2) is 24.3 Å². The quantitative estimate of drug-likeness (QED) is 0.915. The van der Waals surface area contributed by atoms with E-state index in [2.05, 4.69) is 12.2 Å². The van der Waals surface area contributed by atoms with Crippen molar-refractivity contribution in [3.63, 3.8) is 0 Å². The lowest BCUT2D eigenvalue weighted by Gasteiger charge is -2.27. The molecule has 1 saturated heterocycles. The fourth-order valence-corrected chi connectivity index (χ4v) is 2.93. The molecule has 4 heteroatoms. The van der Waals surface area contributed by atoms with E-state index < -0.39 is 0 Å². The second kappa shape index (κ2) is 5.52. The van der Waals surface area contributed by atoms with Gasteiger partial charge < -0.3 is 10.2 Å². The average Bonchev–Trinajstić information content (AvgIpc) is 3.19. The normalized spacial score (nSPS) is 25.7. The first kappa shape index (κ1) is 13.6. The van der Waals surface area contributed by atoms with Gasteiger partial charge in [-0.2, -0.15) is 0 Å². The molecule has 0 radical (unpaired) electrons. The van der Waals surface area contributed by atoms with Gasteiger partial charge in [0.1, 0.15) is 5.82 Å². The third kappa shape index (κ3) is 2.70. The molecule has 2 aliphatic rings. The topological polar surface area (TPSA) is 32.3 Å². The zero-order valence-corrected chi connectivity index (χ0v) is 11.8. The molecule has 1 amide bonds. The number of carbonyl (C=O) groups excluding carboxylic acids is 1. The molecule has 1 N–H and O–H groups in total. The van der Waals surface area contributed by atoms with Crippen molar-refractivity contribution in [2.45, 2.75) is 44.8 Å². The van der Waals surface area contributed by atoms with E-state index in [9.17, 15) is 9.18 Å². The second-order valence-corrected chi connectivity index (χ2v) is 5.99. The molecule has 1 aromatic rings. The van der Waals surface area contributed by atoms with Crippen LogP contribution >= 0.6 is 0 Å². The highest BCUT2D eigenvalue weighted by atomic mass is 19.1. The highest BCUT2D eigenvalue weighted by molar-refractivity contribution is 5.83. The largest absolute Gasteiger partial charge is 0.334 e. The number of nitrogens with one attached hydrogen (secondary N) is 1. The molecular weight excluding hydrogens is 255 g/mol. The number of carbonyl (C=O) groups is 1. The number of rotatable bonds is 4. The molecule has 0 spiro atoms. The zero-order valence-electron chi connectivity index (χ0n) is 11.8. The van der Waals surface area contributed by atoms with Crippen molar-refractivity contribution < 1.29 is 9.18 Å². The fourth-order valence-electron chi connectivity index (χ4n) is 2.93. The van der Waals surface area contributed by atoms with Crippen molar-refractivity contribution in [2.75, 3.05) is 6.54 Å².